The molecule has 1 unspecified atom stereocenters. The van der Waals surface area contributed by atoms with Crippen LogP contribution in [0.2, 0.25) is 0 Å². The molecule has 140 valence electrons. The largest absolute Gasteiger partial charge is 0.463 e. The molecule has 0 spiro atoms. The third-order valence-corrected chi connectivity index (χ3v) is 6.06. The number of hydrogen-bond acceptors (Lipinski definition) is 3. The number of urea groups is 1. The number of carbonyl (C=O) groups excluding carboxylic acids is 2. The monoisotopic (exact) mass is 350 g/mol. The number of rotatable bonds is 5. The Hall–Kier alpha value is -1.56. The van der Waals surface area contributed by atoms with Gasteiger partial charge in [-0.15, -0.1) is 0 Å². The lowest BCUT2D eigenvalue weighted by molar-refractivity contribution is -0.906. The summed E-state index contributed by atoms with van der Waals surface area (Å²) in [6.07, 6.45) is 7.41. The van der Waals surface area contributed by atoms with Crippen LogP contribution in [0, 0.1) is 11.8 Å². The first kappa shape index (κ1) is 18.2. The average molecular weight is 350 g/mol. The molecular formula is C19H32N3O3+. The second kappa shape index (κ2) is 8.21. The van der Waals surface area contributed by atoms with E-state index in [9.17, 15) is 9.59 Å². The number of esters is 1. The molecule has 1 aliphatic carbocycles. The molecule has 2 aliphatic heterocycles. The van der Waals surface area contributed by atoms with Gasteiger partial charge in [0.25, 0.3) is 0 Å². The maximum atomic E-state index is 12.5. The highest BCUT2D eigenvalue weighted by Crippen LogP contribution is 2.32. The number of fused-ring (bicyclic) bond motifs is 1. The number of nitrogens with one attached hydrogen (secondary N) is 3. The lowest BCUT2D eigenvalue weighted by atomic mass is 9.75. The number of quaternary nitrogens is 1. The van der Waals surface area contributed by atoms with Gasteiger partial charge in [0, 0.05) is 5.92 Å². The van der Waals surface area contributed by atoms with Crippen LogP contribution in [0.1, 0.15) is 52.4 Å². The molecule has 1 saturated carbocycles. The molecule has 0 aromatic rings. The van der Waals surface area contributed by atoms with E-state index in [0.29, 0.717) is 25.1 Å². The van der Waals surface area contributed by atoms with Gasteiger partial charge in [0.15, 0.2) is 0 Å². The highest BCUT2D eigenvalue weighted by molar-refractivity contribution is 5.94. The van der Waals surface area contributed by atoms with Crippen LogP contribution in [0.5, 0.6) is 0 Å². The van der Waals surface area contributed by atoms with Crippen LogP contribution in [0.3, 0.4) is 0 Å². The highest BCUT2D eigenvalue weighted by Gasteiger charge is 2.37. The minimum absolute atomic E-state index is 0.207. The van der Waals surface area contributed by atoms with Crippen molar-refractivity contribution in [2.24, 2.45) is 11.8 Å². The van der Waals surface area contributed by atoms with E-state index in [4.69, 9.17) is 4.74 Å². The summed E-state index contributed by atoms with van der Waals surface area (Å²) in [6.45, 7) is 7.13. The molecule has 0 radical (unpaired) electrons. The quantitative estimate of drug-likeness (QED) is 0.648. The maximum Gasteiger partial charge on any atom is 0.338 e. The Bertz CT molecular complexity index is 546. The Morgan fingerprint density at radius 3 is 2.68 bits per heavy atom. The topological polar surface area (TPSA) is 71.9 Å². The van der Waals surface area contributed by atoms with Crippen molar-refractivity contribution >= 4 is 12.0 Å². The molecule has 0 bridgehead atoms. The van der Waals surface area contributed by atoms with Crippen molar-refractivity contribution in [1.82, 2.24) is 10.6 Å². The molecule has 2 fully saturated rings. The van der Waals surface area contributed by atoms with Crippen LogP contribution in [-0.4, -0.2) is 44.3 Å². The second-order valence-electron chi connectivity index (χ2n) is 7.65. The van der Waals surface area contributed by atoms with Gasteiger partial charge in [-0.3, -0.25) is 0 Å². The minimum Gasteiger partial charge on any atom is -0.463 e. The van der Waals surface area contributed by atoms with E-state index in [1.54, 1.807) is 0 Å². The fourth-order valence-electron chi connectivity index (χ4n) is 4.81. The van der Waals surface area contributed by atoms with Gasteiger partial charge in [-0.2, -0.15) is 0 Å². The number of carbonyl (C=O) groups is 2. The average Bonchev–Trinajstić information content (AvgIpc) is 2.61. The van der Waals surface area contributed by atoms with Crippen LogP contribution in [0.15, 0.2) is 11.3 Å². The Morgan fingerprint density at radius 1 is 1.20 bits per heavy atom. The molecule has 3 aliphatic rings. The number of ether oxygens (including phenoxy) is 1. The molecule has 0 aromatic carbocycles. The first-order valence-corrected chi connectivity index (χ1v) is 9.93. The zero-order valence-electron chi connectivity index (χ0n) is 15.5. The van der Waals surface area contributed by atoms with E-state index in [-0.39, 0.29) is 18.0 Å². The molecule has 25 heavy (non-hydrogen) atoms. The molecule has 2 heterocycles. The zero-order chi connectivity index (χ0) is 17.8. The van der Waals surface area contributed by atoms with Crippen molar-refractivity contribution in [3.8, 4) is 0 Å². The van der Waals surface area contributed by atoms with Gasteiger partial charge >= 0.3 is 12.0 Å². The molecule has 3 rings (SSSR count). The molecule has 2 amide bonds. The van der Waals surface area contributed by atoms with Gasteiger partial charge < -0.3 is 20.3 Å². The van der Waals surface area contributed by atoms with Crippen molar-refractivity contribution in [1.29, 1.82) is 0 Å². The Balaban J connectivity index is 1.76. The molecule has 4 atom stereocenters. The first-order chi connectivity index (χ1) is 12.1. The van der Waals surface area contributed by atoms with E-state index in [1.165, 1.54) is 37.0 Å². The first-order valence-electron chi connectivity index (χ1n) is 9.93. The third-order valence-electron chi connectivity index (χ3n) is 6.06. The fourth-order valence-corrected chi connectivity index (χ4v) is 4.81. The fraction of sp³-hybridized carbons (Fsp3) is 0.789. The van der Waals surface area contributed by atoms with Crippen LogP contribution in [0.25, 0.3) is 0 Å². The van der Waals surface area contributed by atoms with Gasteiger partial charge in [-0.05, 0) is 38.5 Å². The molecule has 1 saturated heterocycles. The van der Waals surface area contributed by atoms with E-state index >= 15 is 0 Å². The Kier molecular flexibility index (Phi) is 5.99. The summed E-state index contributed by atoms with van der Waals surface area (Å²) in [7, 11) is 0. The van der Waals surface area contributed by atoms with Crippen LogP contribution >= 0.6 is 0 Å². The summed E-state index contributed by atoms with van der Waals surface area (Å²) in [4.78, 5) is 26.0. The Labute approximate surface area is 150 Å². The number of likely N-dealkylation sites (tertiary alicyclic amines) is 1. The van der Waals surface area contributed by atoms with Crippen molar-refractivity contribution in [3.63, 3.8) is 0 Å². The van der Waals surface area contributed by atoms with Crippen molar-refractivity contribution in [2.45, 2.75) is 58.4 Å². The van der Waals surface area contributed by atoms with Gasteiger partial charge in [0.05, 0.1) is 37.0 Å². The molecule has 3 N–H and O–H groups in total. The minimum atomic E-state index is -0.302. The number of piperidine rings is 1. The molecule has 0 aromatic heterocycles. The predicted octanol–water partition coefficient (Wildman–Crippen LogP) is 0.990. The zero-order valence-corrected chi connectivity index (χ0v) is 15.5. The lowest BCUT2D eigenvalue weighted by Gasteiger charge is -2.39. The van der Waals surface area contributed by atoms with Crippen molar-refractivity contribution < 1.29 is 19.2 Å². The van der Waals surface area contributed by atoms with Gasteiger partial charge in [-0.1, -0.05) is 19.8 Å². The normalized spacial score (nSPS) is 32.5. The third kappa shape index (κ3) is 4.17. The summed E-state index contributed by atoms with van der Waals surface area (Å²) < 4.78 is 5.26. The SMILES string of the molecule is CCOC(=O)C1=C(C[NH+]2CC[C@@H]3CCCC[C@@H]3C2)NC(=O)N[C@H]1CC. The number of hydrogen-bond donors (Lipinski definition) is 3. The van der Waals surface area contributed by atoms with E-state index < -0.39 is 0 Å². The van der Waals surface area contributed by atoms with E-state index in [1.807, 2.05) is 13.8 Å². The number of amides is 2. The molecule has 6 heteroatoms. The van der Waals surface area contributed by atoms with Gasteiger partial charge in [0.2, 0.25) is 0 Å². The summed E-state index contributed by atoms with van der Waals surface area (Å²) in [5, 5.41) is 5.75. The van der Waals surface area contributed by atoms with Gasteiger partial charge in [-0.25, -0.2) is 9.59 Å². The van der Waals surface area contributed by atoms with Crippen molar-refractivity contribution in [2.75, 3.05) is 26.2 Å². The Morgan fingerprint density at radius 2 is 1.96 bits per heavy atom. The smallest absolute Gasteiger partial charge is 0.338 e. The van der Waals surface area contributed by atoms with Crippen LogP contribution < -0.4 is 15.5 Å². The van der Waals surface area contributed by atoms with E-state index in [0.717, 1.165) is 30.6 Å². The summed E-state index contributed by atoms with van der Waals surface area (Å²) >= 11 is 0. The van der Waals surface area contributed by atoms with Crippen LogP contribution in [-0.2, 0) is 9.53 Å². The maximum absolute atomic E-state index is 12.5. The van der Waals surface area contributed by atoms with E-state index in [2.05, 4.69) is 10.6 Å². The molecular weight excluding hydrogens is 318 g/mol. The summed E-state index contributed by atoms with van der Waals surface area (Å²) in [6, 6.07) is -0.462. The summed E-state index contributed by atoms with van der Waals surface area (Å²) in [5.41, 5.74) is 1.38. The standard InChI is InChI=1S/C19H31N3O3/c1-3-15-17(18(23)25-4-2)16(21-19(24)20-15)12-22-10-9-13-7-5-6-8-14(13)11-22/h13-15H,3-12H2,1-2H3,(H2,20,21,24)/p+1/t13-,14+,15-/m0/s1. The lowest BCUT2D eigenvalue weighted by Crippen LogP contribution is -3.14. The van der Waals surface area contributed by atoms with Crippen molar-refractivity contribution in [3.05, 3.63) is 11.3 Å². The van der Waals surface area contributed by atoms with Gasteiger partial charge in [0.1, 0.15) is 6.54 Å². The molecule has 6 nitrogen and oxygen atoms in total. The van der Waals surface area contributed by atoms with Crippen LogP contribution in [0.4, 0.5) is 4.79 Å². The summed E-state index contributed by atoms with van der Waals surface area (Å²) in [5.74, 6) is 1.40. The second-order valence-corrected chi connectivity index (χ2v) is 7.65. The predicted molar refractivity (Wildman–Crippen MR) is 95.0 cm³/mol. The highest BCUT2D eigenvalue weighted by atomic mass is 16.5.